The van der Waals surface area contributed by atoms with E-state index in [0.29, 0.717) is 5.02 Å². The number of halogens is 2. The van der Waals surface area contributed by atoms with Crippen LogP contribution in [0.25, 0.3) is 0 Å². The summed E-state index contributed by atoms with van der Waals surface area (Å²) in [6, 6.07) is 9.00. The minimum Gasteiger partial charge on any atom is -0.477 e. The highest BCUT2D eigenvalue weighted by Crippen LogP contribution is 2.28. The Bertz CT molecular complexity index is 594. The zero-order valence-electron chi connectivity index (χ0n) is 9.60. The van der Waals surface area contributed by atoms with Crippen molar-refractivity contribution in [2.75, 3.05) is 0 Å². The number of hydrogen-bond donors (Lipinski definition) is 1. The number of rotatable bonds is 3. The molecule has 2 aromatic rings. The first-order valence-corrected chi connectivity index (χ1v) is 6.81. The lowest BCUT2D eigenvalue weighted by Gasteiger charge is -2.17. The Kier molecular flexibility index (Phi) is 3.97. The molecule has 0 aliphatic rings. The molecular weight excluding hydrogens is 365 g/mol. The summed E-state index contributed by atoms with van der Waals surface area (Å²) in [5.74, 6) is -0.934. The minimum absolute atomic E-state index is 0.117. The first kappa shape index (κ1) is 13.4. The summed E-state index contributed by atoms with van der Waals surface area (Å²) in [6.45, 7) is 1.93. The van der Waals surface area contributed by atoms with E-state index in [1.165, 1.54) is 0 Å². The fourth-order valence-electron chi connectivity index (χ4n) is 1.90. The van der Waals surface area contributed by atoms with Crippen molar-refractivity contribution in [2.45, 2.75) is 13.0 Å². The molecule has 0 saturated carbocycles. The van der Waals surface area contributed by atoms with Crippen LogP contribution in [0.2, 0.25) is 5.02 Å². The molecule has 1 aromatic heterocycles. The normalized spacial score (nSPS) is 12.4. The van der Waals surface area contributed by atoms with Crippen molar-refractivity contribution in [3.63, 3.8) is 0 Å². The summed E-state index contributed by atoms with van der Waals surface area (Å²) in [5, 5.41) is 9.83. The molecular formula is C13H11ClINO2. The molecule has 1 heterocycles. The van der Waals surface area contributed by atoms with Gasteiger partial charge in [0.1, 0.15) is 5.69 Å². The van der Waals surface area contributed by atoms with E-state index in [1.807, 2.05) is 37.4 Å². The number of benzene rings is 1. The SMILES string of the molecule is CC(c1ccccc1Cl)n1cc(I)cc1C(=O)O. The Morgan fingerprint density at radius 2 is 2.11 bits per heavy atom. The molecule has 1 atom stereocenters. The van der Waals surface area contributed by atoms with Crippen molar-refractivity contribution in [3.8, 4) is 0 Å². The van der Waals surface area contributed by atoms with Crippen LogP contribution in [0.5, 0.6) is 0 Å². The summed E-state index contributed by atoms with van der Waals surface area (Å²) in [5.41, 5.74) is 1.18. The molecule has 0 fully saturated rings. The van der Waals surface area contributed by atoms with E-state index in [4.69, 9.17) is 11.6 Å². The van der Waals surface area contributed by atoms with Crippen LogP contribution in [-0.2, 0) is 0 Å². The third-order valence-corrected chi connectivity index (χ3v) is 3.74. The van der Waals surface area contributed by atoms with Crippen LogP contribution in [-0.4, -0.2) is 15.6 Å². The number of carboxylic acids is 1. The number of carboxylic acid groups (broad SMARTS) is 1. The van der Waals surface area contributed by atoms with Crippen molar-refractivity contribution < 1.29 is 9.90 Å². The van der Waals surface area contributed by atoms with Gasteiger partial charge >= 0.3 is 5.97 Å². The highest BCUT2D eigenvalue weighted by atomic mass is 127. The van der Waals surface area contributed by atoms with E-state index in [0.717, 1.165) is 9.13 Å². The third kappa shape index (κ3) is 2.54. The Labute approximate surface area is 124 Å². The van der Waals surface area contributed by atoms with Gasteiger partial charge in [-0.3, -0.25) is 0 Å². The molecule has 1 aromatic carbocycles. The fraction of sp³-hybridized carbons (Fsp3) is 0.154. The largest absolute Gasteiger partial charge is 0.477 e. The minimum atomic E-state index is -0.934. The standard InChI is InChI=1S/C13H11ClINO2/c1-8(10-4-2-3-5-11(10)14)16-7-9(15)6-12(16)13(17)18/h2-8H,1H3,(H,17,18). The Balaban J connectivity index is 2.49. The second kappa shape index (κ2) is 5.32. The van der Waals surface area contributed by atoms with E-state index >= 15 is 0 Å². The summed E-state index contributed by atoms with van der Waals surface area (Å²) in [4.78, 5) is 11.2. The van der Waals surface area contributed by atoms with Crippen molar-refractivity contribution in [1.82, 2.24) is 4.57 Å². The van der Waals surface area contributed by atoms with Crippen molar-refractivity contribution >= 4 is 40.2 Å². The van der Waals surface area contributed by atoms with Crippen molar-refractivity contribution in [2.24, 2.45) is 0 Å². The molecule has 2 rings (SSSR count). The molecule has 94 valence electrons. The Morgan fingerprint density at radius 1 is 1.44 bits per heavy atom. The first-order chi connectivity index (χ1) is 8.50. The lowest BCUT2D eigenvalue weighted by molar-refractivity contribution is 0.0684. The van der Waals surface area contributed by atoms with E-state index < -0.39 is 5.97 Å². The molecule has 0 saturated heterocycles. The smallest absolute Gasteiger partial charge is 0.352 e. The average Bonchev–Trinajstić information content (AvgIpc) is 2.71. The zero-order valence-corrected chi connectivity index (χ0v) is 12.5. The van der Waals surface area contributed by atoms with Crippen LogP contribution in [0, 0.1) is 3.57 Å². The molecule has 0 aliphatic heterocycles. The van der Waals surface area contributed by atoms with Gasteiger partial charge < -0.3 is 9.67 Å². The topological polar surface area (TPSA) is 42.2 Å². The Morgan fingerprint density at radius 3 is 2.72 bits per heavy atom. The van der Waals surface area contributed by atoms with Gasteiger partial charge in [0.05, 0.1) is 6.04 Å². The highest BCUT2D eigenvalue weighted by Gasteiger charge is 2.18. The zero-order chi connectivity index (χ0) is 13.3. The molecule has 1 unspecified atom stereocenters. The fourth-order valence-corrected chi connectivity index (χ4v) is 2.79. The highest BCUT2D eigenvalue weighted by molar-refractivity contribution is 14.1. The van der Waals surface area contributed by atoms with E-state index in [1.54, 1.807) is 10.6 Å². The van der Waals surface area contributed by atoms with Crippen LogP contribution in [0.4, 0.5) is 0 Å². The molecule has 0 amide bonds. The molecule has 18 heavy (non-hydrogen) atoms. The van der Waals surface area contributed by atoms with Crippen LogP contribution in [0.15, 0.2) is 36.5 Å². The molecule has 1 N–H and O–H groups in total. The molecule has 0 radical (unpaired) electrons. The van der Waals surface area contributed by atoms with Crippen molar-refractivity contribution in [3.05, 3.63) is 56.4 Å². The molecule has 0 aliphatic carbocycles. The summed E-state index contributed by atoms with van der Waals surface area (Å²) in [6.07, 6.45) is 1.82. The van der Waals surface area contributed by atoms with E-state index in [2.05, 4.69) is 22.6 Å². The molecule has 0 bridgehead atoms. The number of aromatic nitrogens is 1. The lowest BCUT2D eigenvalue weighted by atomic mass is 10.1. The van der Waals surface area contributed by atoms with Gasteiger partial charge in [-0.1, -0.05) is 29.8 Å². The van der Waals surface area contributed by atoms with Crippen LogP contribution in [0.1, 0.15) is 29.0 Å². The van der Waals surface area contributed by atoms with Gasteiger partial charge in [-0.15, -0.1) is 0 Å². The maximum absolute atomic E-state index is 11.2. The maximum Gasteiger partial charge on any atom is 0.352 e. The second-order valence-corrected chi connectivity index (χ2v) is 5.61. The third-order valence-electron chi connectivity index (χ3n) is 2.81. The van der Waals surface area contributed by atoms with Gasteiger partial charge in [-0.25, -0.2) is 4.79 Å². The molecule has 5 heteroatoms. The second-order valence-electron chi connectivity index (χ2n) is 3.95. The van der Waals surface area contributed by atoms with Gasteiger partial charge in [-0.2, -0.15) is 0 Å². The predicted molar refractivity (Wildman–Crippen MR) is 79.4 cm³/mol. The summed E-state index contributed by atoms with van der Waals surface area (Å²) >= 11 is 8.25. The molecule has 0 spiro atoms. The maximum atomic E-state index is 11.2. The van der Waals surface area contributed by atoms with E-state index in [9.17, 15) is 9.90 Å². The summed E-state index contributed by atoms with van der Waals surface area (Å²) in [7, 11) is 0. The first-order valence-electron chi connectivity index (χ1n) is 5.36. The van der Waals surface area contributed by atoms with Gasteiger partial charge in [0.2, 0.25) is 0 Å². The van der Waals surface area contributed by atoms with Gasteiger partial charge in [-0.05, 0) is 47.2 Å². The number of aromatic carboxylic acids is 1. The summed E-state index contributed by atoms with van der Waals surface area (Å²) < 4.78 is 2.62. The van der Waals surface area contributed by atoms with Gasteiger partial charge in [0.15, 0.2) is 0 Å². The van der Waals surface area contributed by atoms with Gasteiger partial charge in [0.25, 0.3) is 0 Å². The number of hydrogen-bond acceptors (Lipinski definition) is 1. The lowest BCUT2D eigenvalue weighted by Crippen LogP contribution is -2.13. The van der Waals surface area contributed by atoms with Crippen LogP contribution >= 0.6 is 34.2 Å². The van der Waals surface area contributed by atoms with Gasteiger partial charge in [0, 0.05) is 14.8 Å². The number of nitrogens with zero attached hydrogens (tertiary/aromatic N) is 1. The van der Waals surface area contributed by atoms with Crippen molar-refractivity contribution in [1.29, 1.82) is 0 Å². The predicted octanol–water partition coefficient (Wildman–Crippen LogP) is 4.05. The number of carbonyl (C=O) groups is 1. The Hall–Kier alpha value is -1.01. The molecule has 3 nitrogen and oxygen atoms in total. The monoisotopic (exact) mass is 375 g/mol. The van der Waals surface area contributed by atoms with Crippen LogP contribution in [0.3, 0.4) is 0 Å². The van der Waals surface area contributed by atoms with Crippen LogP contribution < -0.4 is 0 Å². The average molecular weight is 376 g/mol. The van der Waals surface area contributed by atoms with E-state index in [-0.39, 0.29) is 11.7 Å². The quantitative estimate of drug-likeness (QED) is 0.822.